The molecule has 0 aromatic rings. The van der Waals surface area contributed by atoms with Gasteiger partial charge in [-0.05, 0) is 25.7 Å². The first-order valence-electron chi connectivity index (χ1n) is 7.02. The summed E-state index contributed by atoms with van der Waals surface area (Å²) in [6.45, 7) is 4.02. The highest BCUT2D eigenvalue weighted by Crippen LogP contribution is 2.23. The van der Waals surface area contributed by atoms with E-state index in [9.17, 15) is 22.8 Å². The Balaban J connectivity index is 2.34. The third-order valence-electron chi connectivity index (χ3n) is 3.91. The van der Waals surface area contributed by atoms with Crippen molar-refractivity contribution in [3.8, 4) is 0 Å². The molecule has 8 heteroatoms. The highest BCUT2D eigenvalue weighted by Gasteiger charge is 2.43. The Labute approximate surface area is 122 Å². The maximum absolute atomic E-state index is 12.3. The van der Waals surface area contributed by atoms with Gasteiger partial charge in [0.1, 0.15) is 0 Å². The number of hydrogen-bond donors (Lipinski definition) is 2. The van der Waals surface area contributed by atoms with Gasteiger partial charge in [-0.2, -0.15) is 13.2 Å². The molecule has 1 aliphatic heterocycles. The van der Waals surface area contributed by atoms with Crippen molar-refractivity contribution in [3.05, 3.63) is 0 Å². The zero-order valence-electron chi connectivity index (χ0n) is 12.2. The third-order valence-corrected chi connectivity index (χ3v) is 3.91. The number of likely N-dealkylation sites (tertiary alicyclic amines) is 1. The van der Waals surface area contributed by atoms with Gasteiger partial charge in [-0.15, -0.1) is 0 Å². The number of nitrogens with two attached hydrogens (primary N) is 1. The second-order valence-electron chi connectivity index (χ2n) is 5.63. The second-order valence-corrected chi connectivity index (χ2v) is 5.63. The molecule has 1 rings (SSSR count). The number of nitrogens with zero attached hydrogens (tertiary/aromatic N) is 1. The molecule has 0 bridgehead atoms. The third kappa shape index (κ3) is 5.18. The van der Waals surface area contributed by atoms with Gasteiger partial charge >= 0.3 is 12.1 Å². The van der Waals surface area contributed by atoms with Gasteiger partial charge in [0.2, 0.25) is 5.91 Å². The van der Waals surface area contributed by atoms with Crippen LogP contribution in [0, 0.1) is 11.8 Å². The molecule has 0 saturated carbocycles. The smallest absolute Gasteiger partial charge is 0.356 e. The van der Waals surface area contributed by atoms with Crippen molar-refractivity contribution in [1.82, 2.24) is 10.2 Å². The van der Waals surface area contributed by atoms with Gasteiger partial charge in [0, 0.05) is 31.6 Å². The molecule has 122 valence electrons. The minimum absolute atomic E-state index is 0.0712. The van der Waals surface area contributed by atoms with Crippen LogP contribution in [0.15, 0.2) is 0 Å². The first-order valence-corrected chi connectivity index (χ1v) is 7.02. The number of nitrogens with one attached hydrogen (secondary N) is 1. The van der Waals surface area contributed by atoms with E-state index in [0.717, 1.165) is 4.90 Å². The Morgan fingerprint density at radius 3 is 2.24 bits per heavy atom. The fourth-order valence-electron chi connectivity index (χ4n) is 2.16. The lowest BCUT2D eigenvalue weighted by atomic mass is 9.96. The highest BCUT2D eigenvalue weighted by molar-refractivity contribution is 5.82. The SMILES string of the molecule is CC(N)C(C)C(=O)NCC1CCN(C(=O)C(F)(F)F)CC1. The van der Waals surface area contributed by atoms with Crippen LogP contribution in [0.4, 0.5) is 13.2 Å². The van der Waals surface area contributed by atoms with E-state index in [0.29, 0.717) is 19.4 Å². The summed E-state index contributed by atoms with van der Waals surface area (Å²) in [5.41, 5.74) is 5.63. The minimum atomic E-state index is -4.81. The lowest BCUT2D eigenvalue weighted by molar-refractivity contribution is -0.186. The Hall–Kier alpha value is -1.31. The topological polar surface area (TPSA) is 75.4 Å². The van der Waals surface area contributed by atoms with Crippen LogP contribution in [-0.4, -0.2) is 48.6 Å². The van der Waals surface area contributed by atoms with Gasteiger partial charge < -0.3 is 16.0 Å². The first kappa shape index (κ1) is 17.7. The normalized spacial score (nSPS) is 20.0. The van der Waals surface area contributed by atoms with Crippen molar-refractivity contribution >= 4 is 11.8 Å². The van der Waals surface area contributed by atoms with Gasteiger partial charge in [0.25, 0.3) is 0 Å². The second kappa shape index (κ2) is 7.11. The molecule has 0 aliphatic carbocycles. The summed E-state index contributed by atoms with van der Waals surface area (Å²) in [4.78, 5) is 23.6. The number of piperidine rings is 1. The molecule has 1 fully saturated rings. The van der Waals surface area contributed by atoms with E-state index >= 15 is 0 Å². The standard InChI is InChI=1S/C13H22F3N3O2/c1-8(9(2)17)11(20)18-7-10-3-5-19(6-4-10)12(21)13(14,15)16/h8-10H,3-7,17H2,1-2H3,(H,18,20). The average molecular weight is 309 g/mol. The van der Waals surface area contributed by atoms with Gasteiger partial charge in [-0.1, -0.05) is 6.92 Å². The monoisotopic (exact) mass is 309 g/mol. The number of rotatable bonds is 4. The van der Waals surface area contributed by atoms with Crippen LogP contribution in [0.3, 0.4) is 0 Å². The number of alkyl halides is 3. The molecule has 0 spiro atoms. The molecular weight excluding hydrogens is 287 g/mol. The van der Waals surface area contributed by atoms with Gasteiger partial charge in [-0.3, -0.25) is 9.59 Å². The zero-order valence-corrected chi connectivity index (χ0v) is 12.2. The van der Waals surface area contributed by atoms with Crippen LogP contribution >= 0.6 is 0 Å². The van der Waals surface area contributed by atoms with Gasteiger partial charge in [0.15, 0.2) is 0 Å². The summed E-state index contributed by atoms with van der Waals surface area (Å²) in [6, 6.07) is -0.253. The van der Waals surface area contributed by atoms with E-state index < -0.39 is 12.1 Å². The molecule has 21 heavy (non-hydrogen) atoms. The van der Waals surface area contributed by atoms with E-state index in [1.807, 2.05) is 0 Å². The van der Waals surface area contributed by atoms with E-state index in [4.69, 9.17) is 5.73 Å². The van der Waals surface area contributed by atoms with Crippen LogP contribution < -0.4 is 11.1 Å². The largest absolute Gasteiger partial charge is 0.471 e. The number of amides is 2. The molecule has 2 atom stereocenters. The average Bonchev–Trinajstić information content (AvgIpc) is 2.42. The molecule has 0 aromatic heterocycles. The molecule has 3 N–H and O–H groups in total. The zero-order chi connectivity index (χ0) is 16.2. The Morgan fingerprint density at radius 2 is 1.81 bits per heavy atom. The molecule has 5 nitrogen and oxygen atoms in total. The number of halogens is 3. The van der Waals surface area contributed by atoms with Gasteiger partial charge in [-0.25, -0.2) is 0 Å². The van der Waals surface area contributed by atoms with Crippen molar-refractivity contribution in [2.24, 2.45) is 17.6 Å². The van der Waals surface area contributed by atoms with E-state index in [-0.39, 0.29) is 36.9 Å². The molecule has 1 heterocycles. The summed E-state index contributed by atoms with van der Waals surface area (Å²) >= 11 is 0. The maximum atomic E-state index is 12.3. The molecule has 0 radical (unpaired) electrons. The fourth-order valence-corrected chi connectivity index (χ4v) is 2.16. The predicted molar refractivity (Wildman–Crippen MR) is 71.2 cm³/mol. The van der Waals surface area contributed by atoms with Crippen molar-refractivity contribution in [2.45, 2.75) is 38.9 Å². The fraction of sp³-hybridized carbons (Fsp3) is 0.846. The summed E-state index contributed by atoms with van der Waals surface area (Å²) in [5, 5.41) is 2.76. The van der Waals surface area contributed by atoms with Crippen molar-refractivity contribution in [2.75, 3.05) is 19.6 Å². The number of hydrogen-bond acceptors (Lipinski definition) is 3. The van der Waals surface area contributed by atoms with E-state index in [1.165, 1.54) is 0 Å². The molecular formula is C13H22F3N3O2. The Bertz CT molecular complexity index is 377. The lowest BCUT2D eigenvalue weighted by Gasteiger charge is -2.32. The van der Waals surface area contributed by atoms with Crippen molar-refractivity contribution in [3.63, 3.8) is 0 Å². The summed E-state index contributed by atoms with van der Waals surface area (Å²) < 4.78 is 36.9. The molecule has 1 saturated heterocycles. The van der Waals surface area contributed by atoms with E-state index in [1.54, 1.807) is 13.8 Å². The van der Waals surface area contributed by atoms with E-state index in [2.05, 4.69) is 5.32 Å². The summed E-state index contributed by atoms with van der Waals surface area (Å²) in [7, 11) is 0. The Morgan fingerprint density at radius 1 is 1.29 bits per heavy atom. The summed E-state index contributed by atoms with van der Waals surface area (Å²) in [6.07, 6.45) is -3.91. The van der Waals surface area contributed by atoms with Crippen LogP contribution in [0.5, 0.6) is 0 Å². The van der Waals surface area contributed by atoms with Crippen molar-refractivity contribution in [1.29, 1.82) is 0 Å². The molecule has 2 amide bonds. The molecule has 1 aliphatic rings. The maximum Gasteiger partial charge on any atom is 0.471 e. The quantitative estimate of drug-likeness (QED) is 0.810. The molecule has 2 unspecified atom stereocenters. The first-order chi connectivity index (χ1) is 9.62. The van der Waals surface area contributed by atoms with Crippen LogP contribution in [0.2, 0.25) is 0 Å². The predicted octanol–water partition coefficient (Wildman–Crippen LogP) is 0.887. The lowest BCUT2D eigenvalue weighted by Crippen LogP contribution is -2.47. The van der Waals surface area contributed by atoms with Crippen LogP contribution in [0.25, 0.3) is 0 Å². The highest BCUT2D eigenvalue weighted by atomic mass is 19.4. The summed E-state index contributed by atoms with van der Waals surface area (Å²) in [5.74, 6) is -2.15. The Kier molecular flexibility index (Phi) is 6.00. The number of carbonyl (C=O) groups is 2. The minimum Gasteiger partial charge on any atom is -0.356 e. The molecule has 0 aromatic carbocycles. The van der Waals surface area contributed by atoms with Gasteiger partial charge in [0.05, 0.1) is 0 Å². The number of carbonyl (C=O) groups excluding carboxylic acids is 2. The van der Waals surface area contributed by atoms with Crippen molar-refractivity contribution < 1.29 is 22.8 Å². The van der Waals surface area contributed by atoms with Crippen LogP contribution in [0.1, 0.15) is 26.7 Å². The van der Waals surface area contributed by atoms with Crippen LogP contribution in [-0.2, 0) is 9.59 Å².